The maximum absolute atomic E-state index is 9.82. The number of H-pyrrole nitrogens is 1. The molecule has 1 saturated carbocycles. The number of rotatable bonds is 6. The molecular weight excluding hydrogens is 282 g/mol. The molecule has 0 aliphatic heterocycles. The zero-order valence-corrected chi connectivity index (χ0v) is 12.7. The Kier molecular flexibility index (Phi) is 3.95. The van der Waals surface area contributed by atoms with Crippen LogP contribution in [0.4, 0.5) is 0 Å². The lowest BCUT2D eigenvalue weighted by atomic mass is 9.93. The molecule has 1 aromatic carbocycles. The van der Waals surface area contributed by atoms with Gasteiger partial charge in [-0.15, -0.1) is 5.10 Å². The molecule has 1 heterocycles. The Morgan fingerprint density at radius 1 is 1.43 bits per heavy atom. The van der Waals surface area contributed by atoms with Crippen molar-refractivity contribution in [1.82, 2.24) is 20.5 Å². The van der Waals surface area contributed by atoms with E-state index in [9.17, 15) is 5.26 Å². The molecule has 108 valence electrons. The third-order valence-electron chi connectivity index (χ3n) is 3.48. The minimum absolute atomic E-state index is 0.444. The quantitative estimate of drug-likeness (QED) is 0.801. The summed E-state index contributed by atoms with van der Waals surface area (Å²) in [7, 11) is 0. The van der Waals surface area contributed by atoms with Gasteiger partial charge >= 0.3 is 0 Å². The van der Waals surface area contributed by atoms with Gasteiger partial charge < -0.3 is 0 Å². The van der Waals surface area contributed by atoms with Crippen LogP contribution >= 0.6 is 11.8 Å². The second kappa shape index (κ2) is 5.88. The van der Waals surface area contributed by atoms with Gasteiger partial charge in [-0.05, 0) is 25.3 Å². The number of nitriles is 1. The Balaban J connectivity index is 1.82. The van der Waals surface area contributed by atoms with Crippen LogP contribution < -0.4 is 5.32 Å². The van der Waals surface area contributed by atoms with Crippen molar-refractivity contribution in [3.05, 3.63) is 41.7 Å². The van der Waals surface area contributed by atoms with Crippen LogP contribution in [0.5, 0.6) is 0 Å². The van der Waals surface area contributed by atoms with Gasteiger partial charge in [-0.3, -0.25) is 10.4 Å². The number of aromatic amines is 1. The fraction of sp³-hybridized carbons (Fsp3) is 0.400. The molecular formula is C15H17N5S. The highest BCUT2D eigenvalue weighted by Crippen LogP contribution is 2.32. The monoisotopic (exact) mass is 299 g/mol. The Labute approximate surface area is 128 Å². The molecule has 0 saturated heterocycles. The highest BCUT2D eigenvalue weighted by molar-refractivity contribution is 7.99. The molecule has 6 heteroatoms. The van der Waals surface area contributed by atoms with E-state index in [2.05, 4.69) is 26.6 Å². The van der Waals surface area contributed by atoms with Crippen molar-refractivity contribution in [2.45, 2.75) is 36.5 Å². The van der Waals surface area contributed by atoms with E-state index >= 15 is 0 Å². The smallest absolute Gasteiger partial charge is 0.208 e. The van der Waals surface area contributed by atoms with E-state index in [0.29, 0.717) is 17.0 Å². The van der Waals surface area contributed by atoms with Gasteiger partial charge in [0.15, 0.2) is 0 Å². The van der Waals surface area contributed by atoms with Crippen molar-refractivity contribution >= 4 is 11.8 Å². The topological polar surface area (TPSA) is 77.4 Å². The zero-order chi connectivity index (χ0) is 14.7. The molecule has 21 heavy (non-hydrogen) atoms. The summed E-state index contributed by atoms with van der Waals surface area (Å²) in [4.78, 5) is 4.30. The first-order chi connectivity index (χ1) is 10.2. The first-order valence-corrected chi connectivity index (χ1v) is 7.97. The lowest BCUT2D eigenvalue weighted by molar-refractivity contribution is 0.470. The predicted octanol–water partition coefficient (Wildman–Crippen LogP) is 2.38. The van der Waals surface area contributed by atoms with Crippen molar-refractivity contribution in [1.29, 1.82) is 5.26 Å². The van der Waals surface area contributed by atoms with Crippen molar-refractivity contribution in [2.75, 3.05) is 5.75 Å². The van der Waals surface area contributed by atoms with E-state index in [1.165, 1.54) is 11.8 Å². The highest BCUT2D eigenvalue weighted by atomic mass is 32.2. The number of hydrogen-bond acceptors (Lipinski definition) is 5. The molecule has 1 aliphatic rings. The van der Waals surface area contributed by atoms with E-state index < -0.39 is 5.54 Å². The molecule has 0 spiro atoms. The molecule has 2 N–H and O–H groups in total. The van der Waals surface area contributed by atoms with Gasteiger partial charge in [0.1, 0.15) is 11.4 Å². The normalized spacial score (nSPS) is 17.1. The number of hydrogen-bond donors (Lipinski definition) is 2. The number of thioether (sulfide) groups is 1. The second-order valence-corrected chi connectivity index (χ2v) is 6.24. The maximum atomic E-state index is 9.82. The zero-order valence-electron chi connectivity index (χ0n) is 11.8. The summed E-state index contributed by atoms with van der Waals surface area (Å²) in [6, 6.07) is 12.8. The molecule has 2 aromatic rings. The van der Waals surface area contributed by atoms with Crippen LogP contribution in [0.3, 0.4) is 0 Å². The maximum Gasteiger partial charge on any atom is 0.208 e. The van der Waals surface area contributed by atoms with Gasteiger partial charge in [-0.1, -0.05) is 42.1 Å². The van der Waals surface area contributed by atoms with Crippen molar-refractivity contribution in [3.8, 4) is 6.07 Å². The summed E-state index contributed by atoms with van der Waals surface area (Å²) in [5.74, 6) is 1.37. The Bertz CT molecular complexity index is 644. The van der Waals surface area contributed by atoms with Crippen molar-refractivity contribution in [3.63, 3.8) is 0 Å². The lowest BCUT2D eigenvalue weighted by Crippen LogP contribution is -2.44. The van der Waals surface area contributed by atoms with E-state index in [1.54, 1.807) is 0 Å². The largest absolute Gasteiger partial charge is 0.292 e. The molecule has 1 fully saturated rings. The fourth-order valence-corrected chi connectivity index (χ4v) is 3.17. The van der Waals surface area contributed by atoms with Crippen LogP contribution in [0.1, 0.15) is 24.2 Å². The van der Waals surface area contributed by atoms with Crippen LogP contribution in [0, 0.1) is 18.3 Å². The number of benzene rings is 1. The SMILES string of the molecule is Cc1nc(SCC(C#N)(NC2CC2)c2ccccc2)n[nH]1. The third kappa shape index (κ3) is 3.26. The average Bonchev–Trinajstić information content (AvgIpc) is 3.24. The van der Waals surface area contributed by atoms with E-state index in [0.717, 1.165) is 24.2 Å². The summed E-state index contributed by atoms with van der Waals surface area (Å²) in [5, 5.41) is 21.0. The first kappa shape index (κ1) is 14.1. The van der Waals surface area contributed by atoms with Crippen LogP contribution in [0.2, 0.25) is 0 Å². The van der Waals surface area contributed by atoms with E-state index in [4.69, 9.17) is 0 Å². The molecule has 1 atom stereocenters. The number of aryl methyl sites for hydroxylation is 1. The molecule has 0 bridgehead atoms. The number of aromatic nitrogens is 3. The van der Waals surface area contributed by atoms with Crippen LogP contribution in [0.25, 0.3) is 0 Å². The Morgan fingerprint density at radius 2 is 2.19 bits per heavy atom. The summed E-state index contributed by atoms with van der Waals surface area (Å²) >= 11 is 1.50. The summed E-state index contributed by atoms with van der Waals surface area (Å²) < 4.78 is 0. The van der Waals surface area contributed by atoms with E-state index in [-0.39, 0.29) is 0 Å². The van der Waals surface area contributed by atoms with Gasteiger partial charge in [-0.25, -0.2) is 4.98 Å². The molecule has 5 nitrogen and oxygen atoms in total. The van der Waals surface area contributed by atoms with Gasteiger partial charge in [0.2, 0.25) is 5.16 Å². The summed E-state index contributed by atoms with van der Waals surface area (Å²) in [5.41, 5.74) is 0.306. The van der Waals surface area contributed by atoms with Gasteiger partial charge in [0.05, 0.1) is 6.07 Å². The molecule has 1 aliphatic carbocycles. The molecule has 1 aromatic heterocycles. The van der Waals surface area contributed by atoms with Crippen LogP contribution in [0.15, 0.2) is 35.5 Å². The molecule has 0 radical (unpaired) electrons. The van der Waals surface area contributed by atoms with E-state index in [1.807, 2.05) is 37.3 Å². The van der Waals surface area contributed by atoms with Crippen LogP contribution in [-0.2, 0) is 5.54 Å². The summed E-state index contributed by atoms with van der Waals surface area (Å²) in [6.45, 7) is 1.87. The van der Waals surface area contributed by atoms with Gasteiger partial charge in [0.25, 0.3) is 0 Å². The minimum Gasteiger partial charge on any atom is -0.292 e. The van der Waals surface area contributed by atoms with Crippen molar-refractivity contribution < 1.29 is 0 Å². The molecule has 1 unspecified atom stereocenters. The van der Waals surface area contributed by atoms with Crippen LogP contribution in [-0.4, -0.2) is 27.0 Å². The van der Waals surface area contributed by atoms with Gasteiger partial charge in [0, 0.05) is 11.8 Å². The Hall–Kier alpha value is -1.84. The third-order valence-corrected chi connectivity index (χ3v) is 4.50. The standard InChI is InChI=1S/C15H17N5S/c1-11-17-14(20-19-11)21-10-15(9-16,18-13-7-8-13)12-5-3-2-4-6-12/h2-6,13,18H,7-8,10H2,1H3,(H,17,19,20). The summed E-state index contributed by atoms with van der Waals surface area (Å²) in [6.07, 6.45) is 2.28. The second-order valence-electron chi connectivity index (χ2n) is 5.29. The minimum atomic E-state index is -0.693. The number of nitrogens with one attached hydrogen (secondary N) is 2. The lowest BCUT2D eigenvalue weighted by Gasteiger charge is -2.28. The molecule has 0 amide bonds. The first-order valence-electron chi connectivity index (χ1n) is 6.98. The number of nitrogens with zero attached hydrogens (tertiary/aromatic N) is 3. The van der Waals surface area contributed by atoms with Crippen molar-refractivity contribution in [2.24, 2.45) is 0 Å². The van der Waals surface area contributed by atoms with Gasteiger partial charge in [-0.2, -0.15) is 5.26 Å². The predicted molar refractivity (Wildman–Crippen MR) is 81.7 cm³/mol. The molecule has 3 rings (SSSR count). The Morgan fingerprint density at radius 3 is 2.76 bits per heavy atom. The average molecular weight is 299 g/mol. The fourth-order valence-electron chi connectivity index (χ4n) is 2.20. The highest BCUT2D eigenvalue weighted by Gasteiger charge is 2.38.